The number of nitrogens with one attached hydrogen (secondary N) is 1. The van der Waals surface area contributed by atoms with Crippen LogP contribution in [-0.4, -0.2) is 44.4 Å². The Balaban J connectivity index is 1.47. The molecule has 1 aromatic heterocycles. The van der Waals surface area contributed by atoms with Gasteiger partial charge in [-0.3, -0.25) is 4.79 Å². The number of nitrogens with zero attached hydrogens (tertiary/aromatic N) is 1. The van der Waals surface area contributed by atoms with Crippen molar-refractivity contribution in [1.29, 1.82) is 0 Å². The van der Waals surface area contributed by atoms with Crippen molar-refractivity contribution in [3.63, 3.8) is 0 Å². The summed E-state index contributed by atoms with van der Waals surface area (Å²) in [6.07, 6.45) is 2.04. The summed E-state index contributed by atoms with van der Waals surface area (Å²) in [7, 11) is -3.41. The van der Waals surface area contributed by atoms with E-state index in [1.807, 2.05) is 31.2 Å². The van der Waals surface area contributed by atoms with Gasteiger partial charge in [-0.15, -0.1) is 11.3 Å². The van der Waals surface area contributed by atoms with Crippen LogP contribution in [0.1, 0.15) is 25.3 Å². The van der Waals surface area contributed by atoms with Crippen molar-refractivity contribution in [3.05, 3.63) is 47.3 Å². The Bertz CT molecular complexity index is 858. The van der Waals surface area contributed by atoms with Crippen molar-refractivity contribution in [1.82, 2.24) is 9.62 Å². The summed E-state index contributed by atoms with van der Waals surface area (Å²) in [6.45, 7) is 2.82. The summed E-state index contributed by atoms with van der Waals surface area (Å²) in [5.41, 5.74) is 1.07. The zero-order valence-electron chi connectivity index (χ0n) is 15.3. The number of carbonyl (C=O) groups excluding carboxylic acids is 1. The molecular formula is C19H24N2O4S2. The van der Waals surface area contributed by atoms with E-state index in [9.17, 15) is 13.2 Å². The second-order valence-electron chi connectivity index (χ2n) is 6.43. The van der Waals surface area contributed by atoms with Crippen molar-refractivity contribution in [2.45, 2.75) is 36.4 Å². The van der Waals surface area contributed by atoms with Crippen LogP contribution in [0.25, 0.3) is 0 Å². The van der Waals surface area contributed by atoms with Crippen LogP contribution in [0.4, 0.5) is 0 Å². The van der Waals surface area contributed by atoms with E-state index in [-0.39, 0.29) is 18.6 Å². The molecule has 1 N–H and O–H groups in total. The highest BCUT2D eigenvalue weighted by Crippen LogP contribution is 2.24. The Morgan fingerprint density at radius 3 is 2.63 bits per heavy atom. The van der Waals surface area contributed by atoms with Gasteiger partial charge in [-0.2, -0.15) is 4.31 Å². The third kappa shape index (κ3) is 4.88. The van der Waals surface area contributed by atoms with Gasteiger partial charge in [0.2, 0.25) is 0 Å². The molecule has 0 spiro atoms. The molecule has 1 saturated heterocycles. The molecule has 0 bridgehead atoms. The van der Waals surface area contributed by atoms with E-state index in [2.05, 4.69) is 5.32 Å². The molecule has 1 aliphatic rings. The lowest BCUT2D eigenvalue weighted by atomic mass is 10.1. The molecule has 6 nitrogen and oxygen atoms in total. The minimum atomic E-state index is -3.41. The number of aryl methyl sites for hydroxylation is 1. The predicted molar refractivity (Wildman–Crippen MR) is 106 cm³/mol. The molecular weight excluding hydrogens is 384 g/mol. The lowest BCUT2D eigenvalue weighted by Crippen LogP contribution is -2.47. The van der Waals surface area contributed by atoms with E-state index >= 15 is 0 Å². The van der Waals surface area contributed by atoms with Crippen molar-refractivity contribution in [2.24, 2.45) is 0 Å². The number of amides is 1. The molecule has 0 aliphatic carbocycles. The summed E-state index contributed by atoms with van der Waals surface area (Å²) in [5.74, 6) is 0.549. The maximum absolute atomic E-state index is 12.5. The van der Waals surface area contributed by atoms with Crippen LogP contribution < -0.4 is 10.1 Å². The Hall–Kier alpha value is -1.90. The Kier molecular flexibility index (Phi) is 6.51. The second-order valence-corrected chi connectivity index (χ2v) is 9.54. The minimum absolute atomic E-state index is 0.0303. The van der Waals surface area contributed by atoms with Gasteiger partial charge in [0, 0.05) is 19.1 Å². The first-order chi connectivity index (χ1) is 13.0. The van der Waals surface area contributed by atoms with Crippen LogP contribution in [0.5, 0.6) is 5.75 Å². The molecule has 146 valence electrons. The van der Waals surface area contributed by atoms with E-state index in [0.29, 0.717) is 30.1 Å². The predicted octanol–water partition coefficient (Wildman–Crippen LogP) is 2.66. The molecule has 1 fully saturated rings. The van der Waals surface area contributed by atoms with E-state index in [4.69, 9.17) is 4.74 Å². The SMILES string of the molecule is CCc1ccccc1OCC(=O)NC1CCN(S(=O)(=O)c2cccs2)CC1. The molecule has 2 aromatic rings. The topological polar surface area (TPSA) is 75.7 Å². The fraction of sp³-hybridized carbons (Fsp3) is 0.421. The van der Waals surface area contributed by atoms with E-state index in [0.717, 1.165) is 17.7 Å². The van der Waals surface area contributed by atoms with Gasteiger partial charge in [0.1, 0.15) is 9.96 Å². The Morgan fingerprint density at radius 1 is 1.22 bits per heavy atom. The number of piperidine rings is 1. The van der Waals surface area contributed by atoms with Crippen molar-refractivity contribution < 1.29 is 17.9 Å². The van der Waals surface area contributed by atoms with Crippen LogP contribution in [0, 0.1) is 0 Å². The average Bonchev–Trinajstić information content (AvgIpc) is 3.23. The zero-order valence-corrected chi connectivity index (χ0v) is 16.9. The molecule has 1 amide bonds. The van der Waals surface area contributed by atoms with Gasteiger partial charge in [0.25, 0.3) is 15.9 Å². The summed E-state index contributed by atoms with van der Waals surface area (Å²) < 4.78 is 32.6. The van der Waals surface area contributed by atoms with Gasteiger partial charge >= 0.3 is 0 Å². The van der Waals surface area contributed by atoms with Crippen LogP contribution in [0.15, 0.2) is 46.0 Å². The summed E-state index contributed by atoms with van der Waals surface area (Å²) in [5, 5.41) is 4.71. The fourth-order valence-corrected chi connectivity index (χ4v) is 5.74. The van der Waals surface area contributed by atoms with Crippen molar-refractivity contribution in [3.8, 4) is 5.75 Å². The van der Waals surface area contributed by atoms with Crippen molar-refractivity contribution in [2.75, 3.05) is 19.7 Å². The highest BCUT2D eigenvalue weighted by Gasteiger charge is 2.30. The van der Waals surface area contributed by atoms with Crippen LogP contribution >= 0.6 is 11.3 Å². The lowest BCUT2D eigenvalue weighted by molar-refractivity contribution is -0.124. The number of benzene rings is 1. The summed E-state index contributed by atoms with van der Waals surface area (Å²) in [6, 6.07) is 11.0. The van der Waals surface area contributed by atoms with Gasteiger partial charge in [-0.1, -0.05) is 31.2 Å². The summed E-state index contributed by atoms with van der Waals surface area (Å²) >= 11 is 1.23. The monoisotopic (exact) mass is 408 g/mol. The molecule has 8 heteroatoms. The fourth-order valence-electron chi connectivity index (χ4n) is 3.13. The Morgan fingerprint density at radius 2 is 1.96 bits per heavy atom. The molecule has 1 aliphatic heterocycles. The van der Waals surface area contributed by atoms with Gasteiger partial charge < -0.3 is 10.1 Å². The van der Waals surface area contributed by atoms with Gasteiger partial charge in [-0.25, -0.2) is 8.42 Å². The molecule has 0 atom stereocenters. The number of ether oxygens (including phenoxy) is 1. The third-order valence-corrected chi connectivity index (χ3v) is 7.89. The highest BCUT2D eigenvalue weighted by molar-refractivity contribution is 7.91. The summed E-state index contributed by atoms with van der Waals surface area (Å²) in [4.78, 5) is 12.2. The van der Waals surface area contributed by atoms with Gasteiger partial charge in [-0.05, 0) is 42.3 Å². The average molecular weight is 409 g/mol. The molecule has 1 aromatic carbocycles. The normalized spacial score (nSPS) is 16.2. The maximum Gasteiger partial charge on any atom is 0.258 e. The molecule has 0 unspecified atom stereocenters. The van der Waals surface area contributed by atoms with Crippen LogP contribution in [0.2, 0.25) is 0 Å². The zero-order chi connectivity index (χ0) is 19.3. The standard InChI is InChI=1S/C19H24N2O4S2/c1-2-15-6-3-4-7-17(15)25-14-18(22)20-16-9-11-21(12-10-16)27(23,24)19-8-5-13-26-19/h3-8,13,16H,2,9-12,14H2,1H3,(H,20,22). The van der Waals surface area contributed by atoms with E-state index in [1.54, 1.807) is 17.5 Å². The first kappa shape index (κ1) is 19.9. The quantitative estimate of drug-likeness (QED) is 0.764. The first-order valence-electron chi connectivity index (χ1n) is 9.04. The van der Waals surface area contributed by atoms with Crippen LogP contribution in [-0.2, 0) is 21.2 Å². The lowest BCUT2D eigenvalue weighted by Gasteiger charge is -2.31. The highest BCUT2D eigenvalue weighted by atomic mass is 32.2. The number of hydrogen-bond donors (Lipinski definition) is 1. The van der Waals surface area contributed by atoms with Gasteiger partial charge in [0.05, 0.1) is 0 Å². The number of sulfonamides is 1. The van der Waals surface area contributed by atoms with E-state index < -0.39 is 10.0 Å². The number of thiophene rings is 1. The second kappa shape index (κ2) is 8.86. The first-order valence-corrected chi connectivity index (χ1v) is 11.4. The molecule has 27 heavy (non-hydrogen) atoms. The van der Waals surface area contributed by atoms with E-state index in [1.165, 1.54) is 15.6 Å². The number of carbonyl (C=O) groups is 1. The molecule has 3 rings (SSSR count). The van der Waals surface area contributed by atoms with Crippen LogP contribution in [0.3, 0.4) is 0 Å². The number of rotatable bonds is 7. The number of hydrogen-bond acceptors (Lipinski definition) is 5. The molecule has 2 heterocycles. The van der Waals surface area contributed by atoms with Crippen molar-refractivity contribution >= 4 is 27.3 Å². The van der Waals surface area contributed by atoms with Gasteiger partial charge in [0.15, 0.2) is 6.61 Å². The maximum atomic E-state index is 12.5. The third-order valence-electron chi connectivity index (χ3n) is 4.62. The molecule has 0 radical (unpaired) electrons. The number of para-hydroxylation sites is 1. The largest absolute Gasteiger partial charge is 0.483 e. The Labute approximate surface area is 164 Å². The molecule has 0 saturated carbocycles. The smallest absolute Gasteiger partial charge is 0.258 e. The minimum Gasteiger partial charge on any atom is -0.483 e.